The van der Waals surface area contributed by atoms with Gasteiger partial charge in [-0.15, -0.1) is 0 Å². The van der Waals surface area contributed by atoms with E-state index in [-0.39, 0.29) is 6.04 Å². The van der Waals surface area contributed by atoms with E-state index < -0.39 is 0 Å². The summed E-state index contributed by atoms with van der Waals surface area (Å²) >= 11 is 3.61. The van der Waals surface area contributed by atoms with E-state index in [1.807, 2.05) is 0 Å². The van der Waals surface area contributed by atoms with E-state index in [1.54, 1.807) is 0 Å². The van der Waals surface area contributed by atoms with Crippen LogP contribution < -0.4 is 5.32 Å². The summed E-state index contributed by atoms with van der Waals surface area (Å²) < 4.78 is 6.66. The first-order valence-corrected chi connectivity index (χ1v) is 8.16. The Labute approximate surface area is 134 Å². The number of rotatable bonds is 4. The first-order valence-electron chi connectivity index (χ1n) is 7.37. The largest absolute Gasteiger partial charge is 0.372 e. The summed E-state index contributed by atoms with van der Waals surface area (Å²) in [6.45, 7) is 6.70. The highest BCUT2D eigenvalue weighted by molar-refractivity contribution is 9.10. The van der Waals surface area contributed by atoms with Crippen LogP contribution in [-0.4, -0.2) is 6.54 Å². The van der Waals surface area contributed by atoms with Crippen LogP contribution in [0.2, 0.25) is 0 Å². The van der Waals surface area contributed by atoms with Crippen molar-refractivity contribution in [3.8, 4) is 0 Å². The van der Waals surface area contributed by atoms with Gasteiger partial charge in [0.25, 0.3) is 0 Å². The third-order valence-electron chi connectivity index (χ3n) is 3.88. The van der Waals surface area contributed by atoms with Gasteiger partial charge in [0.1, 0.15) is 0 Å². The van der Waals surface area contributed by atoms with Crippen LogP contribution in [0.4, 0.5) is 0 Å². The number of hydrogen-bond donors (Lipinski definition) is 1. The maximum atomic E-state index is 5.53. The van der Waals surface area contributed by atoms with Crippen molar-refractivity contribution in [2.24, 2.45) is 0 Å². The van der Waals surface area contributed by atoms with Crippen molar-refractivity contribution >= 4 is 15.9 Å². The molecule has 0 saturated heterocycles. The smallest absolute Gasteiger partial charge is 0.0725 e. The molecule has 0 bridgehead atoms. The molecule has 0 spiro atoms. The molecule has 1 atom stereocenters. The highest BCUT2D eigenvalue weighted by atomic mass is 79.9. The number of hydrogen-bond acceptors (Lipinski definition) is 2. The number of nitrogens with one attached hydrogen (secondary N) is 1. The van der Waals surface area contributed by atoms with Gasteiger partial charge in [0, 0.05) is 4.47 Å². The second-order valence-electron chi connectivity index (χ2n) is 5.57. The molecule has 3 heteroatoms. The number of aryl methyl sites for hydroxylation is 1. The van der Waals surface area contributed by atoms with Gasteiger partial charge >= 0.3 is 0 Å². The lowest BCUT2D eigenvalue weighted by Gasteiger charge is -2.20. The maximum absolute atomic E-state index is 5.53. The summed E-state index contributed by atoms with van der Waals surface area (Å²) in [5, 5.41) is 3.60. The molecule has 0 radical (unpaired) electrons. The van der Waals surface area contributed by atoms with Gasteiger partial charge in [0.05, 0.1) is 19.3 Å². The zero-order valence-electron chi connectivity index (χ0n) is 12.4. The minimum atomic E-state index is 0.220. The van der Waals surface area contributed by atoms with Crippen LogP contribution >= 0.6 is 15.9 Å². The van der Waals surface area contributed by atoms with Gasteiger partial charge in [-0.3, -0.25) is 0 Å². The topological polar surface area (TPSA) is 21.3 Å². The van der Waals surface area contributed by atoms with Crippen molar-refractivity contribution in [1.82, 2.24) is 5.32 Å². The average molecular weight is 346 g/mol. The van der Waals surface area contributed by atoms with Gasteiger partial charge in [-0.05, 0) is 53.4 Å². The molecule has 1 heterocycles. The minimum Gasteiger partial charge on any atom is -0.372 e. The molecule has 1 N–H and O–H groups in total. The Morgan fingerprint density at radius 3 is 2.67 bits per heavy atom. The van der Waals surface area contributed by atoms with E-state index in [0.29, 0.717) is 0 Å². The predicted molar refractivity (Wildman–Crippen MR) is 89.3 cm³/mol. The summed E-state index contributed by atoms with van der Waals surface area (Å²) in [5.41, 5.74) is 6.51. The summed E-state index contributed by atoms with van der Waals surface area (Å²) in [5.74, 6) is 0. The average Bonchev–Trinajstić information content (AvgIpc) is 2.91. The zero-order chi connectivity index (χ0) is 14.8. The van der Waals surface area contributed by atoms with Gasteiger partial charge < -0.3 is 10.1 Å². The molecular formula is C18H20BrNO. The third kappa shape index (κ3) is 3.20. The van der Waals surface area contributed by atoms with E-state index in [9.17, 15) is 0 Å². The third-order valence-corrected chi connectivity index (χ3v) is 4.34. The fourth-order valence-electron chi connectivity index (χ4n) is 2.94. The van der Waals surface area contributed by atoms with E-state index in [0.717, 1.165) is 24.2 Å². The second kappa shape index (κ2) is 6.30. The molecule has 2 nitrogen and oxygen atoms in total. The Balaban J connectivity index is 2.01. The van der Waals surface area contributed by atoms with Crippen molar-refractivity contribution in [3.63, 3.8) is 0 Å². The molecule has 1 aliphatic rings. The van der Waals surface area contributed by atoms with Crippen LogP contribution in [-0.2, 0) is 18.0 Å². The number of halogens is 1. The SMILES string of the molecule is CCNC(c1cc(C)cc(Br)c1)c1ccc2c(c1)COC2. The maximum Gasteiger partial charge on any atom is 0.0725 e. The summed E-state index contributed by atoms with van der Waals surface area (Å²) in [6.07, 6.45) is 0. The van der Waals surface area contributed by atoms with E-state index >= 15 is 0 Å². The fourth-order valence-corrected chi connectivity index (χ4v) is 3.56. The first-order chi connectivity index (χ1) is 10.2. The predicted octanol–water partition coefficient (Wildman–Crippen LogP) is 4.49. The Morgan fingerprint density at radius 1 is 1.10 bits per heavy atom. The van der Waals surface area contributed by atoms with E-state index in [2.05, 4.69) is 71.5 Å². The van der Waals surface area contributed by atoms with Crippen LogP contribution in [0.25, 0.3) is 0 Å². The molecule has 2 aromatic carbocycles. The molecule has 1 aliphatic heterocycles. The normalized spacial score (nSPS) is 15.0. The van der Waals surface area contributed by atoms with Crippen LogP contribution in [0.3, 0.4) is 0 Å². The van der Waals surface area contributed by atoms with Crippen LogP contribution in [0.5, 0.6) is 0 Å². The van der Waals surface area contributed by atoms with Crippen molar-refractivity contribution in [2.75, 3.05) is 6.54 Å². The van der Waals surface area contributed by atoms with Crippen LogP contribution in [0.1, 0.15) is 40.8 Å². The second-order valence-corrected chi connectivity index (χ2v) is 6.49. The molecule has 3 rings (SSSR count). The van der Waals surface area contributed by atoms with Crippen molar-refractivity contribution in [3.05, 3.63) is 68.7 Å². The van der Waals surface area contributed by atoms with Crippen LogP contribution in [0, 0.1) is 6.92 Å². The molecule has 21 heavy (non-hydrogen) atoms. The number of ether oxygens (including phenoxy) is 1. The lowest BCUT2D eigenvalue weighted by atomic mass is 9.94. The molecule has 0 saturated carbocycles. The zero-order valence-corrected chi connectivity index (χ0v) is 14.0. The quantitative estimate of drug-likeness (QED) is 0.881. The van der Waals surface area contributed by atoms with Gasteiger partial charge in [-0.2, -0.15) is 0 Å². The molecule has 2 aromatic rings. The van der Waals surface area contributed by atoms with Crippen molar-refractivity contribution in [1.29, 1.82) is 0 Å². The fraction of sp³-hybridized carbons (Fsp3) is 0.333. The van der Waals surface area contributed by atoms with Gasteiger partial charge in [0.15, 0.2) is 0 Å². The van der Waals surface area contributed by atoms with E-state index in [1.165, 1.54) is 27.8 Å². The highest BCUT2D eigenvalue weighted by Crippen LogP contribution is 2.29. The van der Waals surface area contributed by atoms with Crippen molar-refractivity contribution in [2.45, 2.75) is 33.1 Å². The van der Waals surface area contributed by atoms with E-state index in [4.69, 9.17) is 4.74 Å². The van der Waals surface area contributed by atoms with Crippen LogP contribution in [0.15, 0.2) is 40.9 Å². The number of benzene rings is 2. The van der Waals surface area contributed by atoms with Gasteiger partial charge in [-0.25, -0.2) is 0 Å². The Hall–Kier alpha value is -1.16. The Bertz CT molecular complexity index is 633. The summed E-state index contributed by atoms with van der Waals surface area (Å²) in [7, 11) is 0. The molecular weight excluding hydrogens is 326 g/mol. The molecule has 0 amide bonds. The standard InChI is InChI=1S/C18H20BrNO/c1-3-20-18(15-6-12(2)7-17(19)9-15)13-4-5-14-10-21-11-16(14)8-13/h4-9,18,20H,3,10-11H2,1-2H3. The summed E-state index contributed by atoms with van der Waals surface area (Å²) in [6, 6.07) is 13.5. The first kappa shape index (κ1) is 14.8. The molecule has 0 aromatic heterocycles. The Morgan fingerprint density at radius 2 is 1.90 bits per heavy atom. The van der Waals surface area contributed by atoms with Gasteiger partial charge in [0.2, 0.25) is 0 Å². The lowest BCUT2D eigenvalue weighted by molar-refractivity contribution is 0.134. The lowest BCUT2D eigenvalue weighted by Crippen LogP contribution is -2.22. The minimum absolute atomic E-state index is 0.220. The summed E-state index contributed by atoms with van der Waals surface area (Å²) in [4.78, 5) is 0. The molecule has 0 aliphatic carbocycles. The monoisotopic (exact) mass is 345 g/mol. The molecule has 110 valence electrons. The van der Waals surface area contributed by atoms with Gasteiger partial charge in [-0.1, -0.05) is 47.1 Å². The Kier molecular flexibility index (Phi) is 4.43. The number of fused-ring (bicyclic) bond motifs is 1. The molecule has 1 unspecified atom stereocenters. The molecule has 0 fully saturated rings. The highest BCUT2D eigenvalue weighted by Gasteiger charge is 2.18. The van der Waals surface area contributed by atoms with Crippen molar-refractivity contribution < 1.29 is 4.74 Å².